The normalized spacial score (nSPS) is 14.4. The van der Waals surface area contributed by atoms with Crippen molar-refractivity contribution in [1.29, 1.82) is 0 Å². The third-order valence-corrected chi connectivity index (χ3v) is 2.18. The molecule has 1 N–H and O–H groups in total. The van der Waals surface area contributed by atoms with E-state index in [4.69, 9.17) is 4.74 Å². The van der Waals surface area contributed by atoms with Crippen molar-refractivity contribution in [1.82, 2.24) is 4.72 Å². The van der Waals surface area contributed by atoms with E-state index in [1.54, 1.807) is 6.92 Å². The van der Waals surface area contributed by atoms with E-state index in [9.17, 15) is 8.42 Å². The van der Waals surface area contributed by atoms with Crippen molar-refractivity contribution >= 4 is 10.3 Å². The van der Waals surface area contributed by atoms with E-state index in [1.807, 2.05) is 4.72 Å². The molecule has 0 aliphatic carbocycles. The summed E-state index contributed by atoms with van der Waals surface area (Å²) < 4.78 is 37.8. The van der Waals surface area contributed by atoms with Crippen LogP contribution in [-0.2, 0) is 24.0 Å². The molecule has 0 aromatic heterocycles. The second-order valence-electron chi connectivity index (χ2n) is 2.34. The lowest BCUT2D eigenvalue weighted by atomic mass is 10.5. The third kappa shape index (κ3) is 6.91. The van der Waals surface area contributed by atoms with Crippen LogP contribution < -0.4 is 4.72 Å². The Kier molecular flexibility index (Phi) is 6.17. The van der Waals surface area contributed by atoms with Crippen LogP contribution in [0.3, 0.4) is 0 Å². The van der Waals surface area contributed by atoms with Gasteiger partial charge in [-0.15, -0.1) is 0 Å². The van der Waals surface area contributed by atoms with Gasteiger partial charge in [0.2, 0.25) is 0 Å². The Morgan fingerprint density at radius 1 is 1.46 bits per heavy atom. The summed E-state index contributed by atoms with van der Waals surface area (Å²) in [5, 5.41) is 0. The average Bonchev–Trinajstić information content (AvgIpc) is 2.04. The first-order chi connectivity index (χ1) is 6.02. The predicted molar refractivity (Wildman–Crippen MR) is 46.4 cm³/mol. The molecule has 80 valence electrons. The van der Waals surface area contributed by atoms with Crippen LogP contribution in [0.25, 0.3) is 0 Å². The van der Waals surface area contributed by atoms with Crippen LogP contribution >= 0.6 is 0 Å². The summed E-state index contributed by atoms with van der Waals surface area (Å²) in [4.78, 5) is 0. The Balaban J connectivity index is 3.68. The number of hydrogen-bond donors (Lipinski definition) is 1. The second kappa shape index (κ2) is 6.28. The SMILES string of the molecule is CNS(=O)(=O)OC(C)COCOC. The van der Waals surface area contributed by atoms with Gasteiger partial charge in [0.15, 0.2) is 0 Å². The van der Waals surface area contributed by atoms with Crippen LogP contribution in [0.4, 0.5) is 0 Å². The molecule has 0 saturated carbocycles. The van der Waals surface area contributed by atoms with Crippen LogP contribution in [-0.4, -0.2) is 42.1 Å². The summed E-state index contributed by atoms with van der Waals surface area (Å²) in [7, 11) is -0.869. The minimum atomic E-state index is -3.63. The molecule has 1 atom stereocenters. The standard InChI is InChI=1S/C6H15NO5S/c1-6(4-11-5-10-3)12-13(8,9)7-2/h6-7H,4-5H2,1-3H3. The minimum Gasteiger partial charge on any atom is -0.359 e. The molecular weight excluding hydrogens is 198 g/mol. The Morgan fingerprint density at radius 3 is 2.54 bits per heavy atom. The highest BCUT2D eigenvalue weighted by molar-refractivity contribution is 7.84. The number of rotatable bonds is 7. The molecule has 0 amide bonds. The van der Waals surface area contributed by atoms with Crippen molar-refractivity contribution in [3.8, 4) is 0 Å². The van der Waals surface area contributed by atoms with E-state index in [-0.39, 0.29) is 13.4 Å². The maximum Gasteiger partial charge on any atom is 0.335 e. The molecule has 0 radical (unpaired) electrons. The maximum absolute atomic E-state index is 10.8. The number of nitrogens with one attached hydrogen (secondary N) is 1. The lowest BCUT2D eigenvalue weighted by molar-refractivity contribution is -0.0526. The van der Waals surface area contributed by atoms with E-state index in [0.29, 0.717) is 0 Å². The predicted octanol–water partition coefficient (Wildman–Crippen LogP) is -0.524. The highest BCUT2D eigenvalue weighted by Crippen LogP contribution is 1.97. The van der Waals surface area contributed by atoms with Gasteiger partial charge in [0.1, 0.15) is 6.79 Å². The van der Waals surface area contributed by atoms with Gasteiger partial charge in [-0.1, -0.05) is 0 Å². The van der Waals surface area contributed by atoms with Gasteiger partial charge < -0.3 is 9.47 Å². The van der Waals surface area contributed by atoms with Crippen molar-refractivity contribution in [3.63, 3.8) is 0 Å². The summed E-state index contributed by atoms with van der Waals surface area (Å²) in [5.41, 5.74) is 0. The van der Waals surface area contributed by atoms with Gasteiger partial charge in [0.25, 0.3) is 0 Å². The molecule has 0 aliphatic rings. The third-order valence-electron chi connectivity index (χ3n) is 1.09. The second-order valence-corrected chi connectivity index (χ2v) is 3.85. The molecule has 0 bridgehead atoms. The van der Waals surface area contributed by atoms with Gasteiger partial charge in [-0.05, 0) is 6.92 Å². The van der Waals surface area contributed by atoms with E-state index in [1.165, 1.54) is 14.2 Å². The lowest BCUT2D eigenvalue weighted by Crippen LogP contribution is -2.28. The molecule has 1 unspecified atom stereocenters. The van der Waals surface area contributed by atoms with Crippen LogP contribution in [0.15, 0.2) is 0 Å². The van der Waals surface area contributed by atoms with E-state index in [2.05, 4.69) is 8.92 Å². The lowest BCUT2D eigenvalue weighted by Gasteiger charge is -2.11. The fourth-order valence-corrected chi connectivity index (χ4v) is 1.17. The largest absolute Gasteiger partial charge is 0.359 e. The Bertz CT molecular complexity index is 215. The topological polar surface area (TPSA) is 73.9 Å². The van der Waals surface area contributed by atoms with Crippen molar-refractivity contribution in [2.45, 2.75) is 13.0 Å². The first-order valence-electron chi connectivity index (χ1n) is 3.70. The van der Waals surface area contributed by atoms with Gasteiger partial charge in [0.05, 0.1) is 12.7 Å². The van der Waals surface area contributed by atoms with Crippen molar-refractivity contribution in [3.05, 3.63) is 0 Å². The van der Waals surface area contributed by atoms with Crippen LogP contribution in [0.1, 0.15) is 6.92 Å². The number of methoxy groups -OCH3 is 1. The zero-order valence-corrected chi connectivity index (χ0v) is 8.76. The zero-order valence-electron chi connectivity index (χ0n) is 7.94. The molecule has 0 rings (SSSR count). The van der Waals surface area contributed by atoms with E-state index >= 15 is 0 Å². The van der Waals surface area contributed by atoms with Crippen molar-refractivity contribution < 1.29 is 22.1 Å². The molecule has 0 aromatic carbocycles. The molecule has 7 heteroatoms. The van der Waals surface area contributed by atoms with Gasteiger partial charge in [-0.2, -0.15) is 13.1 Å². The molecule has 0 spiro atoms. The molecule has 6 nitrogen and oxygen atoms in total. The Morgan fingerprint density at radius 2 is 2.08 bits per heavy atom. The van der Waals surface area contributed by atoms with Gasteiger partial charge >= 0.3 is 10.3 Å². The summed E-state index contributed by atoms with van der Waals surface area (Å²) in [6, 6.07) is 0. The number of ether oxygens (including phenoxy) is 2. The summed E-state index contributed by atoms with van der Waals surface area (Å²) in [5.74, 6) is 0. The Labute approximate surface area is 78.4 Å². The van der Waals surface area contributed by atoms with E-state index < -0.39 is 16.4 Å². The smallest absolute Gasteiger partial charge is 0.335 e. The fourth-order valence-electron chi connectivity index (χ4n) is 0.590. The summed E-state index contributed by atoms with van der Waals surface area (Å²) in [6.07, 6.45) is -0.535. The molecule has 0 saturated heterocycles. The molecule has 0 aromatic rings. The van der Waals surface area contributed by atoms with Gasteiger partial charge in [-0.25, -0.2) is 0 Å². The molecule has 0 aliphatic heterocycles. The van der Waals surface area contributed by atoms with Crippen LogP contribution in [0, 0.1) is 0 Å². The van der Waals surface area contributed by atoms with Crippen molar-refractivity contribution in [2.24, 2.45) is 0 Å². The molecular formula is C6H15NO5S. The summed E-state index contributed by atoms with van der Waals surface area (Å²) >= 11 is 0. The average molecular weight is 213 g/mol. The Hall–Kier alpha value is -0.210. The number of hydrogen-bond acceptors (Lipinski definition) is 5. The quantitative estimate of drug-likeness (QED) is 0.455. The van der Waals surface area contributed by atoms with Crippen LogP contribution in [0.2, 0.25) is 0 Å². The fraction of sp³-hybridized carbons (Fsp3) is 1.00. The van der Waals surface area contributed by atoms with Gasteiger partial charge in [0, 0.05) is 14.2 Å². The zero-order chi connectivity index (χ0) is 10.3. The van der Waals surface area contributed by atoms with Gasteiger partial charge in [-0.3, -0.25) is 4.18 Å². The molecule has 13 heavy (non-hydrogen) atoms. The van der Waals surface area contributed by atoms with E-state index in [0.717, 1.165) is 0 Å². The minimum absolute atomic E-state index is 0.118. The highest BCUT2D eigenvalue weighted by Gasteiger charge is 2.13. The van der Waals surface area contributed by atoms with Crippen LogP contribution in [0.5, 0.6) is 0 Å². The monoisotopic (exact) mass is 213 g/mol. The molecule has 0 heterocycles. The highest BCUT2D eigenvalue weighted by atomic mass is 32.2. The first-order valence-corrected chi connectivity index (χ1v) is 5.11. The maximum atomic E-state index is 10.8. The summed E-state index contributed by atoms with van der Waals surface area (Å²) in [6.45, 7) is 1.87. The molecule has 0 fully saturated rings. The van der Waals surface area contributed by atoms with Crippen molar-refractivity contribution in [2.75, 3.05) is 27.6 Å². The first kappa shape index (κ1) is 12.8.